The first-order valence-corrected chi connectivity index (χ1v) is 19.4. The second-order valence-corrected chi connectivity index (χ2v) is 15.3. The fourth-order valence-corrected chi connectivity index (χ4v) is 10.4. The molecule has 0 N–H and O–H groups in total. The Bertz CT molecular complexity index is 3410. The third-order valence-electron chi connectivity index (χ3n) is 12.7. The Morgan fingerprint density at radius 3 is 1.55 bits per heavy atom. The Morgan fingerprint density at radius 1 is 0.339 bits per heavy atom. The number of pyridine rings is 1. The number of furan rings is 1. The van der Waals surface area contributed by atoms with Crippen LogP contribution in [0.5, 0.6) is 0 Å². The van der Waals surface area contributed by atoms with Crippen LogP contribution < -0.4 is 0 Å². The molecular weight excluding hydrogens is 679 g/mol. The molecule has 0 amide bonds. The summed E-state index contributed by atoms with van der Waals surface area (Å²) in [5.41, 5.74) is 17.1. The summed E-state index contributed by atoms with van der Waals surface area (Å²) in [7, 11) is 0. The van der Waals surface area contributed by atoms with Gasteiger partial charge in [0.05, 0.1) is 16.6 Å². The predicted molar refractivity (Wildman–Crippen MR) is 231 cm³/mol. The first-order valence-electron chi connectivity index (χ1n) is 19.4. The van der Waals surface area contributed by atoms with E-state index in [4.69, 9.17) is 9.40 Å². The average molecular weight is 710 g/mol. The minimum Gasteiger partial charge on any atom is -0.455 e. The third-order valence-corrected chi connectivity index (χ3v) is 12.7. The Morgan fingerprint density at radius 2 is 0.839 bits per heavy atom. The zero-order valence-corrected chi connectivity index (χ0v) is 30.3. The minimum atomic E-state index is -0.509. The largest absolute Gasteiger partial charge is 0.455 e. The summed E-state index contributed by atoms with van der Waals surface area (Å²) >= 11 is 0. The number of hydrogen-bond acceptors (Lipinski definition) is 2. The fraction of sp³-hybridized carbons (Fsp3) is 0.0185. The third kappa shape index (κ3) is 3.78. The number of benzene rings is 9. The lowest BCUT2D eigenvalue weighted by atomic mass is 9.70. The Kier molecular flexibility index (Phi) is 5.86. The number of aromatic nitrogens is 1. The molecular formula is C54H31NO. The molecule has 0 unspecified atom stereocenters. The second kappa shape index (κ2) is 10.9. The average Bonchev–Trinajstić information content (AvgIpc) is 3.90. The van der Waals surface area contributed by atoms with Gasteiger partial charge < -0.3 is 4.42 Å². The quantitative estimate of drug-likeness (QED) is 0.167. The molecule has 2 aliphatic carbocycles. The number of nitrogens with zero attached hydrogens (tertiary/aromatic N) is 1. The van der Waals surface area contributed by atoms with Gasteiger partial charge >= 0.3 is 0 Å². The Balaban J connectivity index is 1.08. The maximum absolute atomic E-state index is 6.59. The van der Waals surface area contributed by atoms with E-state index in [0.717, 1.165) is 49.8 Å². The highest BCUT2D eigenvalue weighted by Crippen LogP contribution is 2.63. The molecule has 2 aromatic heterocycles. The van der Waals surface area contributed by atoms with Gasteiger partial charge in [-0.3, -0.25) is 0 Å². The van der Waals surface area contributed by atoms with E-state index < -0.39 is 5.41 Å². The molecule has 2 heterocycles. The standard InChI is InChI=1S/C54H31NO/c1-2-14-37-35(12-1)36-13-3-4-18-43(36)52-44(37)28-29-50(55-52)33-25-27-41-40-26-24-32(34-19-11-20-45-42-17-7-10-23-51(42)56-53(34)45)30-48(40)54(49(41)31-33)46-21-8-5-15-38(46)39-16-6-9-22-47(39)54/h1-31H. The highest BCUT2D eigenvalue weighted by molar-refractivity contribution is 6.24. The van der Waals surface area contributed by atoms with Gasteiger partial charge in [0.15, 0.2) is 0 Å². The summed E-state index contributed by atoms with van der Waals surface area (Å²) in [6.45, 7) is 0. The van der Waals surface area contributed by atoms with Crippen LogP contribution in [0.4, 0.5) is 0 Å². The summed E-state index contributed by atoms with van der Waals surface area (Å²) in [4.78, 5) is 5.49. The van der Waals surface area contributed by atoms with Crippen molar-refractivity contribution in [3.8, 4) is 44.6 Å². The SMILES string of the molecule is c1ccc2c(c1)-c1ccccc1C21c2cc(-c3ccc4c5ccccc5c5ccccc5c4n3)ccc2-c2ccc(-c3cccc4c3oc3ccccc34)cc21. The first kappa shape index (κ1) is 30.1. The fourth-order valence-electron chi connectivity index (χ4n) is 10.4. The number of rotatable bonds is 2. The lowest BCUT2D eigenvalue weighted by Crippen LogP contribution is -2.26. The molecule has 9 aromatic carbocycles. The number of hydrogen-bond donors (Lipinski definition) is 0. The van der Waals surface area contributed by atoms with Crippen molar-refractivity contribution < 1.29 is 4.42 Å². The molecule has 0 atom stereocenters. The molecule has 0 bridgehead atoms. The van der Waals surface area contributed by atoms with Crippen LogP contribution in [-0.4, -0.2) is 4.98 Å². The first-order chi connectivity index (χ1) is 27.8. The van der Waals surface area contributed by atoms with E-state index >= 15 is 0 Å². The molecule has 0 saturated heterocycles. The molecule has 11 aromatic rings. The molecule has 0 radical (unpaired) electrons. The van der Waals surface area contributed by atoms with Crippen LogP contribution in [0.25, 0.3) is 99.0 Å². The summed E-state index contributed by atoms with van der Waals surface area (Å²) in [6.07, 6.45) is 0. The molecule has 2 nitrogen and oxygen atoms in total. The summed E-state index contributed by atoms with van der Waals surface area (Å²) in [6, 6.07) is 68.9. The van der Waals surface area contributed by atoms with Gasteiger partial charge in [0, 0.05) is 32.7 Å². The van der Waals surface area contributed by atoms with Gasteiger partial charge in [-0.1, -0.05) is 158 Å². The summed E-state index contributed by atoms with van der Waals surface area (Å²) in [5, 5.41) is 8.37. The van der Waals surface area contributed by atoms with Crippen molar-refractivity contribution >= 4 is 54.4 Å². The normalized spacial score (nSPS) is 13.5. The zero-order valence-electron chi connectivity index (χ0n) is 30.3. The Labute approximate surface area is 322 Å². The van der Waals surface area contributed by atoms with Gasteiger partial charge in [-0.25, -0.2) is 4.98 Å². The van der Waals surface area contributed by atoms with E-state index in [1.165, 1.54) is 71.4 Å². The van der Waals surface area contributed by atoms with Crippen LogP contribution in [0.2, 0.25) is 0 Å². The van der Waals surface area contributed by atoms with Crippen molar-refractivity contribution in [1.29, 1.82) is 0 Å². The van der Waals surface area contributed by atoms with Crippen LogP contribution in [0.15, 0.2) is 192 Å². The van der Waals surface area contributed by atoms with E-state index in [2.05, 4.69) is 182 Å². The van der Waals surface area contributed by atoms with Gasteiger partial charge in [-0.15, -0.1) is 0 Å². The van der Waals surface area contributed by atoms with Crippen LogP contribution >= 0.6 is 0 Å². The maximum Gasteiger partial charge on any atom is 0.143 e. The summed E-state index contributed by atoms with van der Waals surface area (Å²) in [5.74, 6) is 0. The lowest BCUT2D eigenvalue weighted by molar-refractivity contribution is 0.670. The number of fused-ring (bicyclic) bond motifs is 19. The number of para-hydroxylation sites is 2. The molecule has 0 saturated carbocycles. The van der Waals surface area contributed by atoms with Crippen LogP contribution in [0, 0.1) is 0 Å². The highest BCUT2D eigenvalue weighted by Gasteiger charge is 2.51. The van der Waals surface area contributed by atoms with E-state index in [-0.39, 0.29) is 0 Å². The minimum absolute atomic E-state index is 0.509. The van der Waals surface area contributed by atoms with E-state index in [1.54, 1.807) is 0 Å². The molecule has 2 aliphatic rings. The van der Waals surface area contributed by atoms with Crippen LogP contribution in [0.3, 0.4) is 0 Å². The second-order valence-electron chi connectivity index (χ2n) is 15.3. The van der Waals surface area contributed by atoms with Crippen molar-refractivity contribution in [2.75, 3.05) is 0 Å². The molecule has 13 rings (SSSR count). The zero-order chi connectivity index (χ0) is 36.5. The van der Waals surface area contributed by atoms with Crippen molar-refractivity contribution in [3.63, 3.8) is 0 Å². The monoisotopic (exact) mass is 709 g/mol. The predicted octanol–water partition coefficient (Wildman–Crippen LogP) is 14.1. The van der Waals surface area contributed by atoms with Gasteiger partial charge in [-0.05, 0) is 96.6 Å². The molecule has 0 aliphatic heterocycles. The van der Waals surface area contributed by atoms with Gasteiger partial charge in [0.1, 0.15) is 11.2 Å². The highest BCUT2D eigenvalue weighted by atomic mass is 16.3. The van der Waals surface area contributed by atoms with Gasteiger partial charge in [0.2, 0.25) is 0 Å². The van der Waals surface area contributed by atoms with Gasteiger partial charge in [-0.2, -0.15) is 0 Å². The van der Waals surface area contributed by atoms with E-state index in [1.807, 2.05) is 6.07 Å². The smallest absolute Gasteiger partial charge is 0.143 e. The van der Waals surface area contributed by atoms with E-state index in [9.17, 15) is 0 Å². The maximum atomic E-state index is 6.59. The van der Waals surface area contributed by atoms with Gasteiger partial charge in [0.25, 0.3) is 0 Å². The van der Waals surface area contributed by atoms with Crippen molar-refractivity contribution in [2.24, 2.45) is 0 Å². The molecule has 1 spiro atoms. The molecule has 56 heavy (non-hydrogen) atoms. The molecule has 258 valence electrons. The van der Waals surface area contributed by atoms with Crippen molar-refractivity contribution in [3.05, 3.63) is 210 Å². The Hall–Kier alpha value is -7.29. The van der Waals surface area contributed by atoms with Crippen LogP contribution in [0.1, 0.15) is 22.3 Å². The van der Waals surface area contributed by atoms with E-state index in [0.29, 0.717) is 0 Å². The lowest BCUT2D eigenvalue weighted by Gasteiger charge is -2.31. The van der Waals surface area contributed by atoms with Crippen molar-refractivity contribution in [2.45, 2.75) is 5.41 Å². The molecule has 0 fully saturated rings. The van der Waals surface area contributed by atoms with Crippen molar-refractivity contribution in [1.82, 2.24) is 4.98 Å². The summed E-state index contributed by atoms with van der Waals surface area (Å²) < 4.78 is 6.59. The van der Waals surface area contributed by atoms with Crippen LogP contribution in [-0.2, 0) is 5.41 Å². The molecule has 2 heteroatoms. The topological polar surface area (TPSA) is 26.0 Å².